The van der Waals surface area contributed by atoms with Crippen molar-refractivity contribution in [3.8, 4) is 0 Å². The fourth-order valence-electron chi connectivity index (χ4n) is 10.2. The number of allylic oxidation sites excluding steroid dienone is 4. The molecule has 0 bridgehead atoms. The minimum atomic E-state index is -0.671. The summed E-state index contributed by atoms with van der Waals surface area (Å²) in [5, 5.41) is 23.4. The summed E-state index contributed by atoms with van der Waals surface area (Å²) >= 11 is 0. The van der Waals surface area contributed by atoms with E-state index in [4.69, 9.17) is 4.74 Å². The summed E-state index contributed by atoms with van der Waals surface area (Å²) in [6, 6.07) is -0.550. The summed E-state index contributed by atoms with van der Waals surface area (Å²) in [5.41, 5.74) is 0. The number of carbonyl (C=O) groups excluding carboxylic acids is 2. The first-order valence-electron chi connectivity index (χ1n) is 32.6. The van der Waals surface area contributed by atoms with E-state index in [9.17, 15) is 19.8 Å². The van der Waals surface area contributed by atoms with Crippen LogP contribution < -0.4 is 5.32 Å². The van der Waals surface area contributed by atoms with Crippen molar-refractivity contribution in [1.29, 1.82) is 0 Å². The normalized spacial score (nSPS) is 12.7. The second-order valence-electron chi connectivity index (χ2n) is 22.4. The maximum Gasteiger partial charge on any atom is 0.305 e. The van der Waals surface area contributed by atoms with Gasteiger partial charge in [0, 0.05) is 12.8 Å². The average Bonchev–Trinajstić information content (AvgIpc) is 3.38. The standard InChI is InChI=1S/C66H127NO5/c1-3-5-7-9-11-13-15-17-19-21-22-24-27-30-34-38-42-46-50-54-58-64(69)63(62-68)67-65(70)59-55-51-47-43-39-35-31-28-25-23-26-29-33-37-41-45-49-53-57-61-72-66(71)60-56-52-48-44-40-36-32-20-18-16-14-12-10-8-6-4-2/h20,23,25,32,63-64,68-69H,3-19,21-22,24,26-31,33-62H2,1-2H3,(H,67,70)/b25-23-,32-20-. The van der Waals surface area contributed by atoms with E-state index in [2.05, 4.69) is 43.5 Å². The number of unbranched alkanes of at least 4 members (excludes halogenated alkanes) is 46. The molecule has 0 heterocycles. The molecule has 0 aliphatic heterocycles. The molecule has 2 atom stereocenters. The Morgan fingerprint density at radius 3 is 0.986 bits per heavy atom. The molecule has 0 aromatic heterocycles. The summed E-state index contributed by atoms with van der Waals surface area (Å²) in [7, 11) is 0. The number of hydrogen-bond donors (Lipinski definition) is 3. The average molecular weight is 1010 g/mol. The highest BCUT2D eigenvalue weighted by atomic mass is 16.5. The van der Waals surface area contributed by atoms with Gasteiger partial charge < -0.3 is 20.3 Å². The number of nitrogens with one attached hydrogen (secondary N) is 1. The summed E-state index contributed by atoms with van der Waals surface area (Å²) in [6.45, 7) is 4.96. The van der Waals surface area contributed by atoms with Gasteiger partial charge in [0.25, 0.3) is 0 Å². The van der Waals surface area contributed by atoms with Crippen LogP contribution in [0.1, 0.15) is 361 Å². The second-order valence-corrected chi connectivity index (χ2v) is 22.4. The monoisotopic (exact) mass is 1010 g/mol. The summed E-state index contributed by atoms with van der Waals surface area (Å²) < 4.78 is 5.48. The molecular formula is C66H127NO5. The zero-order valence-electron chi connectivity index (χ0n) is 48.7. The molecule has 3 N–H and O–H groups in total. The van der Waals surface area contributed by atoms with Crippen LogP contribution in [0.25, 0.3) is 0 Å². The lowest BCUT2D eigenvalue weighted by atomic mass is 10.0. The van der Waals surface area contributed by atoms with Gasteiger partial charge in [0.05, 0.1) is 25.4 Å². The lowest BCUT2D eigenvalue weighted by Gasteiger charge is -2.22. The number of hydrogen-bond acceptors (Lipinski definition) is 5. The minimum Gasteiger partial charge on any atom is -0.466 e. The van der Waals surface area contributed by atoms with Crippen molar-refractivity contribution in [1.82, 2.24) is 5.32 Å². The molecule has 0 aromatic rings. The largest absolute Gasteiger partial charge is 0.466 e. The van der Waals surface area contributed by atoms with Crippen LogP contribution in [0.5, 0.6) is 0 Å². The van der Waals surface area contributed by atoms with E-state index in [1.165, 1.54) is 283 Å². The SMILES string of the molecule is CCCCCCCCC/C=C\CCCCCCCC(=O)OCCCCCCCCCC/C=C\CCCCCCCCCC(=O)NC(CO)C(O)CCCCCCCCCCCCCCCCCCCCCC. The molecule has 6 heteroatoms. The number of rotatable bonds is 61. The summed E-state index contributed by atoms with van der Waals surface area (Å²) in [6.07, 6.45) is 76.2. The number of aliphatic hydroxyl groups is 2. The smallest absolute Gasteiger partial charge is 0.305 e. The summed E-state index contributed by atoms with van der Waals surface area (Å²) in [4.78, 5) is 24.6. The first kappa shape index (κ1) is 70.3. The fraction of sp³-hybridized carbons (Fsp3) is 0.909. The third kappa shape index (κ3) is 57.6. The van der Waals surface area contributed by atoms with Crippen LogP contribution in [0.2, 0.25) is 0 Å². The van der Waals surface area contributed by atoms with E-state index >= 15 is 0 Å². The van der Waals surface area contributed by atoms with Gasteiger partial charge in [-0.25, -0.2) is 0 Å². The molecule has 426 valence electrons. The Morgan fingerprint density at radius 1 is 0.375 bits per heavy atom. The van der Waals surface area contributed by atoms with Gasteiger partial charge >= 0.3 is 5.97 Å². The van der Waals surface area contributed by atoms with Crippen molar-refractivity contribution in [2.75, 3.05) is 13.2 Å². The van der Waals surface area contributed by atoms with E-state index in [1.807, 2.05) is 0 Å². The van der Waals surface area contributed by atoms with Crippen LogP contribution in [-0.2, 0) is 14.3 Å². The van der Waals surface area contributed by atoms with Crippen molar-refractivity contribution in [2.45, 2.75) is 373 Å². The molecule has 0 spiro atoms. The van der Waals surface area contributed by atoms with Gasteiger partial charge in [-0.1, -0.05) is 295 Å². The topological polar surface area (TPSA) is 95.9 Å². The molecule has 72 heavy (non-hydrogen) atoms. The maximum absolute atomic E-state index is 12.5. The van der Waals surface area contributed by atoms with Gasteiger partial charge in [-0.15, -0.1) is 0 Å². The van der Waals surface area contributed by atoms with Crippen molar-refractivity contribution in [2.24, 2.45) is 0 Å². The highest BCUT2D eigenvalue weighted by molar-refractivity contribution is 5.76. The van der Waals surface area contributed by atoms with Crippen LogP contribution in [-0.4, -0.2) is 47.4 Å². The highest BCUT2D eigenvalue weighted by Gasteiger charge is 2.20. The number of esters is 1. The van der Waals surface area contributed by atoms with E-state index in [0.29, 0.717) is 25.9 Å². The van der Waals surface area contributed by atoms with Crippen LogP contribution in [0.4, 0.5) is 0 Å². The van der Waals surface area contributed by atoms with Gasteiger partial charge in [-0.05, 0) is 77.0 Å². The Bertz CT molecular complexity index is 1120. The van der Waals surface area contributed by atoms with E-state index in [0.717, 1.165) is 44.9 Å². The van der Waals surface area contributed by atoms with Crippen molar-refractivity contribution >= 4 is 11.9 Å². The molecule has 2 unspecified atom stereocenters. The Balaban J connectivity index is 3.43. The van der Waals surface area contributed by atoms with Crippen LogP contribution >= 0.6 is 0 Å². The highest BCUT2D eigenvalue weighted by Crippen LogP contribution is 2.18. The van der Waals surface area contributed by atoms with Crippen molar-refractivity contribution in [3.05, 3.63) is 24.3 Å². The molecule has 1 amide bonds. The van der Waals surface area contributed by atoms with E-state index in [1.54, 1.807) is 0 Å². The minimum absolute atomic E-state index is 0.00265. The lowest BCUT2D eigenvalue weighted by molar-refractivity contribution is -0.143. The Kier molecular flexibility index (Phi) is 60.5. The first-order chi connectivity index (χ1) is 35.5. The second kappa shape index (κ2) is 61.9. The molecular weight excluding hydrogens is 887 g/mol. The number of aliphatic hydroxyl groups excluding tert-OH is 2. The third-order valence-electron chi connectivity index (χ3n) is 15.2. The Morgan fingerprint density at radius 2 is 0.653 bits per heavy atom. The van der Waals surface area contributed by atoms with Crippen molar-refractivity contribution in [3.63, 3.8) is 0 Å². The number of ether oxygens (including phenoxy) is 1. The molecule has 0 saturated carbocycles. The van der Waals surface area contributed by atoms with Gasteiger partial charge in [0.1, 0.15) is 0 Å². The van der Waals surface area contributed by atoms with Gasteiger partial charge in [0.2, 0.25) is 5.91 Å². The van der Waals surface area contributed by atoms with Crippen LogP contribution in [0.15, 0.2) is 24.3 Å². The Labute approximate surface area is 450 Å². The van der Waals surface area contributed by atoms with Crippen LogP contribution in [0.3, 0.4) is 0 Å². The van der Waals surface area contributed by atoms with Crippen molar-refractivity contribution < 1.29 is 24.5 Å². The molecule has 0 fully saturated rings. The van der Waals surface area contributed by atoms with Gasteiger partial charge in [-0.2, -0.15) is 0 Å². The summed E-state index contributed by atoms with van der Waals surface area (Å²) in [5.74, 6) is -0.0440. The fourth-order valence-corrected chi connectivity index (χ4v) is 10.2. The van der Waals surface area contributed by atoms with Gasteiger partial charge in [-0.3, -0.25) is 9.59 Å². The predicted octanol–water partition coefficient (Wildman–Crippen LogP) is 20.6. The maximum atomic E-state index is 12.5. The first-order valence-corrected chi connectivity index (χ1v) is 32.6. The zero-order valence-corrected chi connectivity index (χ0v) is 48.7. The van der Waals surface area contributed by atoms with E-state index in [-0.39, 0.29) is 18.5 Å². The van der Waals surface area contributed by atoms with Crippen LogP contribution in [0, 0.1) is 0 Å². The molecule has 0 rings (SSSR count). The molecule has 0 saturated heterocycles. The quantitative estimate of drug-likeness (QED) is 0.0320. The third-order valence-corrected chi connectivity index (χ3v) is 15.2. The van der Waals surface area contributed by atoms with E-state index < -0.39 is 12.1 Å². The number of amides is 1. The molecule has 0 radical (unpaired) electrons. The molecule has 0 aliphatic carbocycles. The molecule has 0 aromatic carbocycles. The van der Waals surface area contributed by atoms with Gasteiger partial charge in [0.15, 0.2) is 0 Å². The zero-order chi connectivity index (χ0) is 52.2. The predicted molar refractivity (Wildman–Crippen MR) is 315 cm³/mol. The molecule has 0 aliphatic rings. The number of carbonyl (C=O) groups is 2. The molecule has 6 nitrogen and oxygen atoms in total. The Hall–Kier alpha value is -1.66. The lowest BCUT2D eigenvalue weighted by Crippen LogP contribution is -2.45.